The molecule has 0 fully saturated rings. The highest BCUT2D eigenvalue weighted by molar-refractivity contribution is 7.90. The van der Waals surface area contributed by atoms with Crippen molar-refractivity contribution in [3.8, 4) is 0 Å². The van der Waals surface area contributed by atoms with Crippen LogP contribution >= 0.6 is 0 Å². The Balaban J connectivity index is 2.32. The minimum absolute atomic E-state index is 0.0892. The van der Waals surface area contributed by atoms with Gasteiger partial charge in [-0.1, -0.05) is 0 Å². The third kappa shape index (κ3) is 2.76. The summed E-state index contributed by atoms with van der Waals surface area (Å²) in [5.41, 5.74) is 0.656. The van der Waals surface area contributed by atoms with Crippen LogP contribution in [-0.4, -0.2) is 54.2 Å². The average molecular weight is 269 g/mol. The van der Waals surface area contributed by atoms with Crippen LogP contribution in [0.5, 0.6) is 0 Å². The van der Waals surface area contributed by atoms with Gasteiger partial charge in [-0.05, 0) is 6.92 Å². The fourth-order valence-electron chi connectivity index (χ4n) is 1.63. The van der Waals surface area contributed by atoms with Crippen LogP contribution in [0, 0.1) is 6.92 Å². The molecule has 0 radical (unpaired) electrons. The van der Waals surface area contributed by atoms with Crippen molar-refractivity contribution in [2.75, 3.05) is 30.5 Å². The number of H-pyrrole nitrogens is 1. The summed E-state index contributed by atoms with van der Waals surface area (Å²) in [6, 6.07) is 0. The predicted molar refractivity (Wildman–Crippen MR) is 69.4 cm³/mol. The van der Waals surface area contributed by atoms with E-state index in [-0.39, 0.29) is 5.75 Å². The van der Waals surface area contributed by atoms with Gasteiger partial charge in [0, 0.05) is 19.8 Å². The van der Waals surface area contributed by atoms with Crippen molar-refractivity contribution in [2.24, 2.45) is 0 Å². The van der Waals surface area contributed by atoms with Crippen LogP contribution in [-0.2, 0) is 9.84 Å². The zero-order valence-corrected chi connectivity index (χ0v) is 11.3. The zero-order valence-electron chi connectivity index (χ0n) is 10.5. The molecule has 0 saturated carbocycles. The first-order valence-corrected chi connectivity index (χ1v) is 7.49. The molecule has 0 saturated heterocycles. The molecule has 2 aromatic rings. The van der Waals surface area contributed by atoms with Gasteiger partial charge in [-0.25, -0.2) is 18.4 Å². The number of nitrogens with zero attached hydrogens (tertiary/aromatic N) is 4. The van der Waals surface area contributed by atoms with E-state index in [4.69, 9.17) is 0 Å². The molecular weight excluding hydrogens is 254 g/mol. The third-order valence-corrected chi connectivity index (χ3v) is 3.48. The maximum atomic E-state index is 11.2. The minimum atomic E-state index is -2.99. The lowest BCUT2D eigenvalue weighted by Gasteiger charge is -2.18. The van der Waals surface area contributed by atoms with Crippen molar-refractivity contribution in [2.45, 2.75) is 6.92 Å². The summed E-state index contributed by atoms with van der Waals surface area (Å²) in [6.45, 7) is 2.17. The van der Waals surface area contributed by atoms with Crippen LogP contribution in [0.3, 0.4) is 0 Å². The average Bonchev–Trinajstić information content (AvgIpc) is 2.71. The molecule has 2 heterocycles. The number of fused-ring (bicyclic) bond motifs is 1. The highest BCUT2D eigenvalue weighted by atomic mass is 32.2. The molecule has 0 bridgehead atoms. The molecular formula is C10H15N5O2S. The highest BCUT2D eigenvalue weighted by Crippen LogP contribution is 2.20. The van der Waals surface area contributed by atoms with E-state index in [0.29, 0.717) is 23.8 Å². The molecule has 18 heavy (non-hydrogen) atoms. The summed E-state index contributed by atoms with van der Waals surface area (Å²) in [5.74, 6) is 1.40. The standard InChI is InChI=1S/C10H15N5O2S/c1-7-12-9-8(6-11-14-9)10(13-7)15(2)4-5-18(3,16)17/h6H,4-5H2,1-3H3,(H,11,12,13,14). The molecule has 2 aromatic heterocycles. The van der Waals surface area contributed by atoms with Gasteiger partial charge in [0.25, 0.3) is 0 Å². The molecule has 8 heteroatoms. The van der Waals surface area contributed by atoms with Gasteiger partial charge in [0.05, 0.1) is 17.3 Å². The Bertz CT molecular complexity index is 664. The monoisotopic (exact) mass is 269 g/mol. The van der Waals surface area contributed by atoms with Crippen molar-refractivity contribution in [3.05, 3.63) is 12.0 Å². The molecule has 0 aliphatic carbocycles. The molecule has 0 aliphatic heterocycles. The molecule has 0 spiro atoms. The SMILES string of the molecule is Cc1nc(N(C)CCS(C)(=O)=O)c2cn[nH]c2n1. The van der Waals surface area contributed by atoms with Crippen LogP contribution in [0.25, 0.3) is 11.0 Å². The number of sulfone groups is 1. The maximum Gasteiger partial charge on any atom is 0.161 e. The quantitative estimate of drug-likeness (QED) is 0.849. The van der Waals surface area contributed by atoms with E-state index in [0.717, 1.165) is 5.39 Å². The van der Waals surface area contributed by atoms with Gasteiger partial charge in [-0.15, -0.1) is 0 Å². The molecule has 0 atom stereocenters. The Morgan fingerprint density at radius 3 is 2.78 bits per heavy atom. The third-order valence-electron chi connectivity index (χ3n) is 2.56. The Morgan fingerprint density at radius 1 is 1.39 bits per heavy atom. The Kier molecular flexibility index (Phi) is 3.20. The second-order valence-corrected chi connectivity index (χ2v) is 6.54. The largest absolute Gasteiger partial charge is 0.358 e. The molecule has 0 aliphatic rings. The number of hydrogen-bond donors (Lipinski definition) is 1. The molecule has 7 nitrogen and oxygen atoms in total. The molecule has 2 rings (SSSR count). The first-order chi connectivity index (χ1) is 8.37. The lowest BCUT2D eigenvalue weighted by atomic mass is 10.3. The second kappa shape index (κ2) is 4.52. The topological polar surface area (TPSA) is 91.8 Å². The fourth-order valence-corrected chi connectivity index (χ4v) is 2.23. The van der Waals surface area contributed by atoms with E-state index in [2.05, 4.69) is 20.2 Å². The zero-order chi connectivity index (χ0) is 13.3. The smallest absolute Gasteiger partial charge is 0.161 e. The van der Waals surface area contributed by atoms with Crippen LogP contribution < -0.4 is 4.90 Å². The number of aryl methyl sites for hydroxylation is 1. The van der Waals surface area contributed by atoms with E-state index in [1.165, 1.54) is 6.26 Å². The van der Waals surface area contributed by atoms with Crippen LogP contribution in [0.2, 0.25) is 0 Å². The van der Waals surface area contributed by atoms with E-state index < -0.39 is 9.84 Å². The molecule has 0 amide bonds. The Labute approximate surface area is 105 Å². The molecule has 98 valence electrons. The van der Waals surface area contributed by atoms with Gasteiger partial charge in [0.1, 0.15) is 21.5 Å². The van der Waals surface area contributed by atoms with Crippen LogP contribution in [0.15, 0.2) is 6.20 Å². The number of rotatable bonds is 4. The first kappa shape index (κ1) is 12.7. The summed E-state index contributed by atoms with van der Waals surface area (Å²) in [6.07, 6.45) is 2.86. The molecule has 0 aromatic carbocycles. The number of anilines is 1. The summed E-state index contributed by atoms with van der Waals surface area (Å²) < 4.78 is 22.3. The normalized spacial score (nSPS) is 11.9. The molecule has 1 N–H and O–H groups in total. The van der Waals surface area contributed by atoms with Crippen molar-refractivity contribution in [1.29, 1.82) is 0 Å². The van der Waals surface area contributed by atoms with Crippen molar-refractivity contribution in [3.63, 3.8) is 0 Å². The van der Waals surface area contributed by atoms with Gasteiger partial charge in [-0.3, -0.25) is 5.10 Å². The number of hydrogen-bond acceptors (Lipinski definition) is 6. The lowest BCUT2D eigenvalue weighted by molar-refractivity contribution is 0.601. The van der Waals surface area contributed by atoms with Crippen LogP contribution in [0.1, 0.15) is 5.82 Å². The Hall–Kier alpha value is -1.70. The van der Waals surface area contributed by atoms with Gasteiger partial charge in [0.2, 0.25) is 0 Å². The summed E-state index contributed by atoms with van der Waals surface area (Å²) in [7, 11) is -1.18. The van der Waals surface area contributed by atoms with Gasteiger partial charge < -0.3 is 4.90 Å². The summed E-state index contributed by atoms with van der Waals surface area (Å²) in [5, 5.41) is 7.49. The number of aromatic amines is 1. The second-order valence-electron chi connectivity index (χ2n) is 4.28. The van der Waals surface area contributed by atoms with E-state index >= 15 is 0 Å². The van der Waals surface area contributed by atoms with Crippen molar-refractivity contribution in [1.82, 2.24) is 20.2 Å². The Morgan fingerprint density at radius 2 is 2.11 bits per heavy atom. The van der Waals surface area contributed by atoms with E-state index in [1.54, 1.807) is 25.1 Å². The van der Waals surface area contributed by atoms with E-state index in [9.17, 15) is 8.42 Å². The first-order valence-electron chi connectivity index (χ1n) is 5.43. The predicted octanol–water partition coefficient (Wildman–Crippen LogP) is 0.142. The summed E-state index contributed by atoms with van der Waals surface area (Å²) in [4.78, 5) is 10.3. The maximum absolute atomic E-state index is 11.2. The van der Waals surface area contributed by atoms with Gasteiger partial charge >= 0.3 is 0 Å². The van der Waals surface area contributed by atoms with E-state index in [1.807, 2.05) is 0 Å². The summed E-state index contributed by atoms with van der Waals surface area (Å²) >= 11 is 0. The minimum Gasteiger partial charge on any atom is -0.358 e. The van der Waals surface area contributed by atoms with Gasteiger partial charge in [-0.2, -0.15) is 5.10 Å². The fraction of sp³-hybridized carbons (Fsp3) is 0.500. The molecule has 0 unspecified atom stereocenters. The van der Waals surface area contributed by atoms with Crippen molar-refractivity contribution >= 4 is 26.7 Å². The van der Waals surface area contributed by atoms with Crippen molar-refractivity contribution < 1.29 is 8.42 Å². The van der Waals surface area contributed by atoms with Crippen LogP contribution in [0.4, 0.5) is 5.82 Å². The number of nitrogens with one attached hydrogen (secondary N) is 1. The van der Waals surface area contributed by atoms with Gasteiger partial charge in [0.15, 0.2) is 5.65 Å². The number of aromatic nitrogens is 4. The highest BCUT2D eigenvalue weighted by Gasteiger charge is 2.13. The lowest BCUT2D eigenvalue weighted by Crippen LogP contribution is -2.26.